The number of ether oxygens (including phenoxy) is 1. The third-order valence-corrected chi connectivity index (χ3v) is 5.70. The third kappa shape index (κ3) is 4.13. The summed E-state index contributed by atoms with van der Waals surface area (Å²) in [7, 11) is 0.886. The molecule has 2 nitrogen and oxygen atoms in total. The molecular weight excluding hydrogens is 228 g/mol. The lowest BCUT2D eigenvalue weighted by atomic mass is 9.90. The van der Waals surface area contributed by atoms with Crippen molar-refractivity contribution in [1.82, 2.24) is 0 Å². The minimum Gasteiger partial charge on any atom is -0.462 e. The maximum absolute atomic E-state index is 12.3. The molecule has 0 saturated heterocycles. The van der Waals surface area contributed by atoms with Crippen molar-refractivity contribution in [3.05, 3.63) is 0 Å². The predicted molar refractivity (Wildman–Crippen MR) is 75.3 cm³/mol. The van der Waals surface area contributed by atoms with Crippen LogP contribution < -0.4 is 0 Å². The van der Waals surface area contributed by atoms with E-state index < -0.39 is 0 Å². The Morgan fingerprint density at radius 1 is 1.41 bits per heavy atom. The molecule has 0 aromatic carbocycles. The van der Waals surface area contributed by atoms with Crippen LogP contribution in [0.1, 0.15) is 65.7 Å². The van der Waals surface area contributed by atoms with Crippen molar-refractivity contribution in [1.29, 1.82) is 0 Å². The molecule has 0 heterocycles. The van der Waals surface area contributed by atoms with Crippen LogP contribution in [-0.2, 0) is 9.53 Å². The smallest absolute Gasteiger partial charge is 0.308 e. The number of rotatable bonds is 5. The van der Waals surface area contributed by atoms with Crippen molar-refractivity contribution in [2.45, 2.75) is 76.9 Å². The molecule has 2 unspecified atom stereocenters. The highest BCUT2D eigenvalue weighted by atomic mass is 28.1. The lowest BCUT2D eigenvalue weighted by molar-refractivity contribution is -0.155. The van der Waals surface area contributed by atoms with Gasteiger partial charge in [-0.3, -0.25) is 4.79 Å². The number of carbonyl (C=O) groups excluding carboxylic acids is 1. The minimum atomic E-state index is -0.201. The molecule has 0 N–H and O–H groups in total. The summed E-state index contributed by atoms with van der Waals surface area (Å²) in [5, 5.41) is -0.201. The summed E-state index contributed by atoms with van der Waals surface area (Å²) in [6.45, 7) is 6.46. The zero-order valence-electron chi connectivity index (χ0n) is 11.9. The molecule has 0 aromatic heterocycles. The van der Waals surface area contributed by atoms with Gasteiger partial charge in [0.2, 0.25) is 0 Å². The van der Waals surface area contributed by atoms with E-state index in [9.17, 15) is 4.79 Å². The molecule has 100 valence electrons. The van der Waals surface area contributed by atoms with Crippen molar-refractivity contribution < 1.29 is 9.53 Å². The highest BCUT2D eigenvalue weighted by molar-refractivity contribution is 6.26. The van der Waals surface area contributed by atoms with Gasteiger partial charge >= 0.3 is 5.97 Å². The Kier molecular flexibility index (Phi) is 5.70. The van der Waals surface area contributed by atoms with Crippen LogP contribution in [0.15, 0.2) is 0 Å². The van der Waals surface area contributed by atoms with Gasteiger partial charge in [-0.25, -0.2) is 0 Å². The molecule has 1 fully saturated rings. The van der Waals surface area contributed by atoms with Crippen molar-refractivity contribution >= 4 is 16.2 Å². The Labute approximate surface area is 109 Å². The zero-order chi connectivity index (χ0) is 12.9. The molecule has 0 radical (unpaired) electrons. The molecule has 1 aliphatic carbocycles. The second-order valence-electron chi connectivity index (χ2n) is 6.08. The van der Waals surface area contributed by atoms with Crippen LogP contribution in [-0.4, -0.2) is 22.3 Å². The molecule has 0 bridgehead atoms. The summed E-state index contributed by atoms with van der Waals surface area (Å²) in [6.07, 6.45) is 8.38. The van der Waals surface area contributed by atoms with E-state index in [1.54, 1.807) is 0 Å². The van der Waals surface area contributed by atoms with Crippen molar-refractivity contribution in [3.8, 4) is 0 Å². The minimum absolute atomic E-state index is 0.0667. The van der Waals surface area contributed by atoms with Gasteiger partial charge in [0.1, 0.15) is 6.10 Å². The largest absolute Gasteiger partial charge is 0.462 e. The van der Waals surface area contributed by atoms with Crippen molar-refractivity contribution in [2.24, 2.45) is 5.92 Å². The summed E-state index contributed by atoms with van der Waals surface area (Å²) in [4.78, 5) is 12.3. The van der Waals surface area contributed by atoms with Gasteiger partial charge in [0.15, 0.2) is 0 Å². The van der Waals surface area contributed by atoms with E-state index >= 15 is 0 Å². The van der Waals surface area contributed by atoms with Gasteiger partial charge in [-0.15, -0.1) is 0 Å². The molecule has 0 amide bonds. The maximum atomic E-state index is 12.3. The lowest BCUT2D eigenvalue weighted by Crippen LogP contribution is -2.33. The first-order chi connectivity index (χ1) is 7.98. The van der Waals surface area contributed by atoms with Crippen LogP contribution in [0.2, 0.25) is 5.04 Å². The van der Waals surface area contributed by atoms with E-state index in [2.05, 4.69) is 20.8 Å². The molecule has 1 saturated carbocycles. The van der Waals surface area contributed by atoms with Crippen LogP contribution in [0.25, 0.3) is 0 Å². The van der Waals surface area contributed by atoms with E-state index in [-0.39, 0.29) is 17.1 Å². The highest BCUT2D eigenvalue weighted by Gasteiger charge is 2.36. The highest BCUT2D eigenvalue weighted by Crippen LogP contribution is 2.37. The fourth-order valence-electron chi connectivity index (χ4n) is 2.48. The monoisotopic (exact) mass is 256 g/mol. The second kappa shape index (κ2) is 6.57. The summed E-state index contributed by atoms with van der Waals surface area (Å²) < 4.78 is 5.72. The zero-order valence-corrected chi connectivity index (χ0v) is 13.9. The number of hydrogen-bond donors (Lipinski definition) is 0. The van der Waals surface area contributed by atoms with E-state index in [1.807, 2.05) is 0 Å². The topological polar surface area (TPSA) is 26.3 Å². The average Bonchev–Trinajstić information content (AvgIpc) is 2.30. The van der Waals surface area contributed by atoms with Gasteiger partial charge in [0.05, 0.1) is 5.04 Å². The molecule has 17 heavy (non-hydrogen) atoms. The molecule has 1 aliphatic rings. The Morgan fingerprint density at radius 2 is 2.00 bits per heavy atom. The van der Waals surface area contributed by atoms with Gasteiger partial charge in [-0.1, -0.05) is 40.0 Å². The first-order valence-electron chi connectivity index (χ1n) is 7.19. The molecule has 2 atom stereocenters. The summed E-state index contributed by atoms with van der Waals surface area (Å²) in [6, 6.07) is 0. The molecule has 0 aliphatic heterocycles. The van der Waals surface area contributed by atoms with E-state index in [1.165, 1.54) is 19.3 Å². The fourth-order valence-corrected chi connectivity index (χ4v) is 2.89. The van der Waals surface area contributed by atoms with Crippen LogP contribution in [0, 0.1) is 5.92 Å². The predicted octanol–water partition coefficient (Wildman–Crippen LogP) is 2.84. The fraction of sp³-hybridized carbons (Fsp3) is 0.929. The van der Waals surface area contributed by atoms with E-state index in [0.717, 1.165) is 35.9 Å². The standard InChI is InChI=1S/C14H28O2Si/c1-4-8-11(2)14(3,17)13(15)16-12-9-6-5-7-10-12/h11-12H,4-10H2,1-3,17H3. The van der Waals surface area contributed by atoms with Crippen LogP contribution in [0.3, 0.4) is 0 Å². The molecule has 3 heteroatoms. The number of esters is 1. The second-order valence-corrected chi connectivity index (χ2v) is 8.15. The van der Waals surface area contributed by atoms with Gasteiger partial charge in [-0.05, 0) is 31.6 Å². The quantitative estimate of drug-likeness (QED) is 0.558. The lowest BCUT2D eigenvalue weighted by Gasteiger charge is -2.32. The first-order valence-corrected chi connectivity index (χ1v) is 8.19. The Morgan fingerprint density at radius 3 is 2.53 bits per heavy atom. The van der Waals surface area contributed by atoms with Gasteiger partial charge in [0.25, 0.3) is 0 Å². The molecule has 0 aromatic rings. The van der Waals surface area contributed by atoms with Gasteiger partial charge < -0.3 is 4.74 Å². The van der Waals surface area contributed by atoms with Crippen LogP contribution >= 0.6 is 0 Å². The van der Waals surface area contributed by atoms with Gasteiger partial charge in [-0.2, -0.15) is 0 Å². The van der Waals surface area contributed by atoms with Crippen molar-refractivity contribution in [3.63, 3.8) is 0 Å². The normalized spacial score (nSPS) is 23.0. The summed E-state index contributed by atoms with van der Waals surface area (Å²) in [5.74, 6) is 0.521. The summed E-state index contributed by atoms with van der Waals surface area (Å²) >= 11 is 0. The van der Waals surface area contributed by atoms with Crippen molar-refractivity contribution in [2.75, 3.05) is 0 Å². The summed E-state index contributed by atoms with van der Waals surface area (Å²) in [5.41, 5.74) is 0. The Balaban J connectivity index is 2.49. The SMILES string of the molecule is CCCC(C)C(C)([SiH3])C(=O)OC1CCCCC1. The molecular formula is C14H28O2Si. The van der Waals surface area contributed by atoms with Gasteiger partial charge in [0, 0.05) is 10.2 Å². The van der Waals surface area contributed by atoms with Crippen LogP contribution in [0.5, 0.6) is 0 Å². The van der Waals surface area contributed by atoms with Crippen LogP contribution in [0.4, 0.5) is 0 Å². The Hall–Kier alpha value is -0.313. The number of hydrogen-bond acceptors (Lipinski definition) is 2. The first kappa shape index (κ1) is 14.7. The molecule has 1 rings (SSSR count). The van der Waals surface area contributed by atoms with E-state index in [0.29, 0.717) is 5.92 Å². The van der Waals surface area contributed by atoms with E-state index in [4.69, 9.17) is 4.74 Å². The molecule has 0 spiro atoms. The maximum Gasteiger partial charge on any atom is 0.308 e. The average molecular weight is 256 g/mol. The number of carbonyl (C=O) groups is 1. The Bertz CT molecular complexity index is 245. The third-order valence-electron chi connectivity index (χ3n) is 4.31.